The standard InChI is InChI=1S/C26H20N2O6/c29-21(13-25(33)17-5-1-3-7-19(17)27-23(25)31)15-9-11-16(12-10-15)22(30)14-26(34)18-6-2-4-8-20(18)28-24(26)32/h1-12,33-34H,13-14H2,(H,27,31)(H,28,32)/t25-,26+. The summed E-state index contributed by atoms with van der Waals surface area (Å²) in [4.78, 5) is 50.4. The molecule has 0 aromatic heterocycles. The Labute approximate surface area is 194 Å². The Balaban J connectivity index is 1.32. The normalized spacial score (nSPS) is 22.5. The van der Waals surface area contributed by atoms with Gasteiger partial charge >= 0.3 is 0 Å². The lowest BCUT2D eigenvalue weighted by atomic mass is 9.86. The van der Waals surface area contributed by atoms with Gasteiger partial charge in [-0.3, -0.25) is 19.2 Å². The minimum atomic E-state index is -1.98. The molecule has 0 fully saturated rings. The SMILES string of the molecule is O=C(C[C@@]1(O)C(=O)Nc2ccccc21)c1ccc(C(=O)C[C@]2(O)C(=O)Nc3ccccc32)cc1. The van der Waals surface area contributed by atoms with Crippen molar-refractivity contribution in [1.29, 1.82) is 0 Å². The molecule has 0 aliphatic carbocycles. The molecule has 0 radical (unpaired) electrons. The molecule has 0 bridgehead atoms. The van der Waals surface area contributed by atoms with Crippen molar-refractivity contribution in [2.24, 2.45) is 0 Å². The van der Waals surface area contributed by atoms with E-state index >= 15 is 0 Å². The van der Waals surface area contributed by atoms with Crippen molar-refractivity contribution in [3.63, 3.8) is 0 Å². The fourth-order valence-corrected chi connectivity index (χ4v) is 4.46. The van der Waals surface area contributed by atoms with Gasteiger partial charge in [0.15, 0.2) is 22.8 Å². The van der Waals surface area contributed by atoms with Crippen LogP contribution in [0, 0.1) is 0 Å². The van der Waals surface area contributed by atoms with E-state index in [0.29, 0.717) is 22.5 Å². The molecule has 5 rings (SSSR count). The number of anilines is 2. The van der Waals surface area contributed by atoms with E-state index in [0.717, 1.165) is 0 Å². The predicted octanol–water partition coefficient (Wildman–Crippen LogP) is 2.51. The Hall–Kier alpha value is -4.14. The molecule has 34 heavy (non-hydrogen) atoms. The van der Waals surface area contributed by atoms with Crippen LogP contribution in [0.3, 0.4) is 0 Å². The first kappa shape index (κ1) is 21.7. The van der Waals surface area contributed by atoms with Gasteiger partial charge in [-0.1, -0.05) is 60.7 Å². The van der Waals surface area contributed by atoms with Gasteiger partial charge in [-0.2, -0.15) is 0 Å². The monoisotopic (exact) mass is 456 g/mol. The van der Waals surface area contributed by atoms with Crippen LogP contribution < -0.4 is 10.6 Å². The molecule has 8 nitrogen and oxygen atoms in total. The Morgan fingerprint density at radius 3 is 1.35 bits per heavy atom. The Morgan fingerprint density at radius 2 is 0.971 bits per heavy atom. The zero-order chi connectivity index (χ0) is 24.1. The quantitative estimate of drug-likeness (QED) is 0.422. The van der Waals surface area contributed by atoms with Crippen LogP contribution in [0.25, 0.3) is 0 Å². The van der Waals surface area contributed by atoms with Crippen molar-refractivity contribution in [3.8, 4) is 0 Å². The number of Topliss-reactive ketones (excluding diaryl/α,β-unsaturated/α-hetero) is 2. The number of amides is 2. The predicted molar refractivity (Wildman–Crippen MR) is 122 cm³/mol. The summed E-state index contributed by atoms with van der Waals surface area (Å²) in [5, 5.41) is 27.0. The van der Waals surface area contributed by atoms with E-state index in [1.807, 2.05) is 0 Å². The maximum absolute atomic E-state index is 12.8. The second-order valence-corrected chi connectivity index (χ2v) is 8.50. The van der Waals surface area contributed by atoms with Crippen LogP contribution in [0.15, 0.2) is 72.8 Å². The summed E-state index contributed by atoms with van der Waals surface area (Å²) in [6, 6.07) is 18.9. The molecule has 4 N–H and O–H groups in total. The van der Waals surface area contributed by atoms with Crippen LogP contribution in [-0.4, -0.2) is 33.6 Å². The molecule has 2 atom stereocenters. The fourth-order valence-electron chi connectivity index (χ4n) is 4.46. The summed E-state index contributed by atoms with van der Waals surface area (Å²) in [6.45, 7) is 0. The van der Waals surface area contributed by atoms with Crippen LogP contribution in [0.5, 0.6) is 0 Å². The van der Waals surface area contributed by atoms with E-state index in [-0.39, 0.29) is 11.1 Å². The van der Waals surface area contributed by atoms with Gasteiger partial charge in [-0.05, 0) is 12.1 Å². The van der Waals surface area contributed by atoms with Crippen molar-refractivity contribution in [2.45, 2.75) is 24.0 Å². The van der Waals surface area contributed by atoms with Gasteiger partial charge in [-0.15, -0.1) is 0 Å². The molecule has 0 saturated heterocycles. The number of hydrogen-bond acceptors (Lipinski definition) is 6. The molecule has 2 aliphatic heterocycles. The Morgan fingerprint density at radius 1 is 0.618 bits per heavy atom. The number of fused-ring (bicyclic) bond motifs is 2. The molecule has 8 heteroatoms. The summed E-state index contributed by atoms with van der Waals surface area (Å²) >= 11 is 0. The highest BCUT2D eigenvalue weighted by Gasteiger charge is 2.47. The smallest absolute Gasteiger partial charge is 0.261 e. The topological polar surface area (TPSA) is 133 Å². The van der Waals surface area contributed by atoms with E-state index < -0.39 is 47.4 Å². The van der Waals surface area contributed by atoms with Gasteiger partial charge in [0.1, 0.15) is 0 Å². The van der Waals surface area contributed by atoms with E-state index in [2.05, 4.69) is 10.6 Å². The lowest BCUT2D eigenvalue weighted by Gasteiger charge is -2.20. The molecule has 3 aromatic carbocycles. The van der Waals surface area contributed by atoms with Gasteiger partial charge < -0.3 is 20.8 Å². The second-order valence-electron chi connectivity index (χ2n) is 8.50. The maximum Gasteiger partial charge on any atom is 0.261 e. The summed E-state index contributed by atoms with van der Waals surface area (Å²) in [7, 11) is 0. The van der Waals surface area contributed by atoms with Gasteiger partial charge in [0, 0.05) is 33.6 Å². The van der Waals surface area contributed by atoms with Crippen molar-refractivity contribution in [1.82, 2.24) is 0 Å². The minimum absolute atomic E-state index is 0.213. The zero-order valence-electron chi connectivity index (χ0n) is 17.9. The summed E-state index contributed by atoms with van der Waals surface area (Å²) in [6.07, 6.45) is -0.917. The number of para-hydroxylation sites is 2. The van der Waals surface area contributed by atoms with Crippen LogP contribution in [0.4, 0.5) is 11.4 Å². The average molecular weight is 456 g/mol. The van der Waals surface area contributed by atoms with E-state index in [9.17, 15) is 29.4 Å². The third kappa shape index (κ3) is 3.32. The van der Waals surface area contributed by atoms with Crippen molar-refractivity contribution in [3.05, 3.63) is 95.1 Å². The van der Waals surface area contributed by atoms with E-state index in [4.69, 9.17) is 0 Å². The number of carbonyl (C=O) groups excluding carboxylic acids is 4. The zero-order valence-corrected chi connectivity index (χ0v) is 17.9. The van der Waals surface area contributed by atoms with E-state index in [1.54, 1.807) is 48.5 Å². The van der Waals surface area contributed by atoms with Crippen LogP contribution in [-0.2, 0) is 20.8 Å². The molecule has 2 heterocycles. The van der Waals surface area contributed by atoms with Crippen molar-refractivity contribution < 1.29 is 29.4 Å². The molecule has 0 spiro atoms. The molecule has 2 aliphatic rings. The Kier molecular flexibility index (Phi) is 4.93. The summed E-state index contributed by atoms with van der Waals surface area (Å²) in [5.41, 5.74) is -1.94. The first-order valence-electron chi connectivity index (χ1n) is 10.7. The summed E-state index contributed by atoms with van der Waals surface area (Å²) < 4.78 is 0. The van der Waals surface area contributed by atoms with Gasteiger partial charge in [0.25, 0.3) is 11.8 Å². The van der Waals surface area contributed by atoms with Crippen LogP contribution in [0.1, 0.15) is 44.7 Å². The average Bonchev–Trinajstić information content (AvgIpc) is 3.23. The highest BCUT2D eigenvalue weighted by atomic mass is 16.3. The van der Waals surface area contributed by atoms with E-state index in [1.165, 1.54) is 24.3 Å². The lowest BCUT2D eigenvalue weighted by molar-refractivity contribution is -0.133. The van der Waals surface area contributed by atoms with Crippen LogP contribution >= 0.6 is 0 Å². The van der Waals surface area contributed by atoms with Gasteiger partial charge in [0.2, 0.25) is 0 Å². The number of hydrogen-bond donors (Lipinski definition) is 4. The highest BCUT2D eigenvalue weighted by Crippen LogP contribution is 2.40. The first-order chi connectivity index (χ1) is 16.2. The molecule has 170 valence electrons. The molecule has 2 amide bonds. The maximum atomic E-state index is 12.8. The number of ketones is 2. The highest BCUT2D eigenvalue weighted by molar-refractivity contribution is 6.11. The molecule has 3 aromatic rings. The molecule has 0 unspecified atom stereocenters. The number of aliphatic hydroxyl groups is 2. The number of nitrogens with one attached hydrogen (secondary N) is 2. The van der Waals surface area contributed by atoms with Crippen molar-refractivity contribution in [2.75, 3.05) is 10.6 Å². The fraction of sp³-hybridized carbons (Fsp3) is 0.154. The number of benzene rings is 3. The first-order valence-corrected chi connectivity index (χ1v) is 10.7. The molecule has 0 saturated carbocycles. The van der Waals surface area contributed by atoms with Gasteiger partial charge in [-0.25, -0.2) is 0 Å². The molecular formula is C26H20N2O6. The Bertz CT molecular complexity index is 1260. The number of rotatable bonds is 6. The largest absolute Gasteiger partial charge is 0.375 e. The summed E-state index contributed by atoms with van der Waals surface area (Å²) in [5.74, 6) is -2.29. The van der Waals surface area contributed by atoms with Gasteiger partial charge in [0.05, 0.1) is 12.8 Å². The number of carbonyl (C=O) groups is 4. The third-order valence-electron chi connectivity index (χ3n) is 6.35. The minimum Gasteiger partial charge on any atom is -0.375 e. The second kappa shape index (κ2) is 7.72. The molecular weight excluding hydrogens is 436 g/mol. The van der Waals surface area contributed by atoms with Crippen molar-refractivity contribution >= 4 is 34.8 Å². The van der Waals surface area contributed by atoms with Crippen LogP contribution in [0.2, 0.25) is 0 Å². The lowest BCUT2D eigenvalue weighted by Crippen LogP contribution is -2.36. The third-order valence-corrected chi connectivity index (χ3v) is 6.35.